The fraction of sp³-hybridized carbons (Fsp3) is 0.125. The van der Waals surface area contributed by atoms with Gasteiger partial charge >= 0.3 is 0 Å². The van der Waals surface area contributed by atoms with Crippen molar-refractivity contribution in [3.05, 3.63) is 70.2 Å². The third-order valence-corrected chi connectivity index (χ3v) is 3.92. The predicted octanol–water partition coefficient (Wildman–Crippen LogP) is 4.23. The molecule has 0 radical (unpaired) electrons. The van der Waals surface area contributed by atoms with Gasteiger partial charge in [0.1, 0.15) is 0 Å². The van der Waals surface area contributed by atoms with Gasteiger partial charge in [-0.15, -0.1) is 5.10 Å². The molecule has 0 aliphatic rings. The van der Waals surface area contributed by atoms with Crippen LogP contribution in [0.4, 0.5) is 0 Å². The second-order valence-corrected chi connectivity index (χ2v) is 5.88. The molecule has 0 spiro atoms. The minimum absolute atomic E-state index is 0.429. The third kappa shape index (κ3) is 5.25. The van der Waals surface area contributed by atoms with Crippen molar-refractivity contribution in [1.82, 2.24) is 0 Å². The molecular formula is C16H16ClN3S. The van der Waals surface area contributed by atoms with Gasteiger partial charge in [0.25, 0.3) is 0 Å². The monoisotopic (exact) mass is 317 g/mol. The van der Waals surface area contributed by atoms with Crippen LogP contribution in [-0.4, -0.2) is 11.4 Å². The van der Waals surface area contributed by atoms with Gasteiger partial charge in [0.15, 0.2) is 5.17 Å². The van der Waals surface area contributed by atoms with Crippen LogP contribution in [0, 0.1) is 6.92 Å². The van der Waals surface area contributed by atoms with Crippen molar-refractivity contribution < 1.29 is 0 Å². The summed E-state index contributed by atoms with van der Waals surface area (Å²) in [4.78, 5) is 0. The molecule has 0 saturated heterocycles. The summed E-state index contributed by atoms with van der Waals surface area (Å²) < 4.78 is 0. The summed E-state index contributed by atoms with van der Waals surface area (Å²) in [5.74, 6) is 0.775. The van der Waals surface area contributed by atoms with Crippen LogP contribution in [0.1, 0.15) is 16.7 Å². The lowest BCUT2D eigenvalue weighted by atomic mass is 10.2. The Kier molecular flexibility index (Phi) is 5.84. The smallest absolute Gasteiger partial charge is 0.180 e. The van der Waals surface area contributed by atoms with E-state index in [2.05, 4.69) is 22.3 Å². The van der Waals surface area contributed by atoms with Crippen molar-refractivity contribution in [1.29, 1.82) is 0 Å². The number of nitrogens with zero attached hydrogens (tertiary/aromatic N) is 2. The lowest BCUT2D eigenvalue weighted by molar-refractivity contribution is 1.25. The van der Waals surface area contributed by atoms with E-state index in [9.17, 15) is 0 Å². The van der Waals surface area contributed by atoms with E-state index < -0.39 is 0 Å². The maximum Gasteiger partial charge on any atom is 0.180 e. The summed E-state index contributed by atoms with van der Waals surface area (Å²) in [6.45, 7) is 1.99. The van der Waals surface area contributed by atoms with Crippen LogP contribution in [0.2, 0.25) is 5.02 Å². The number of thioether (sulfide) groups is 1. The van der Waals surface area contributed by atoms with Crippen LogP contribution in [0.15, 0.2) is 58.7 Å². The normalized spacial score (nSPS) is 12.0. The number of rotatable bonds is 4. The van der Waals surface area contributed by atoms with Crippen LogP contribution in [-0.2, 0) is 5.75 Å². The van der Waals surface area contributed by atoms with Gasteiger partial charge in [-0.1, -0.05) is 65.8 Å². The van der Waals surface area contributed by atoms with Crippen LogP contribution in [0.3, 0.4) is 0 Å². The van der Waals surface area contributed by atoms with Gasteiger partial charge in [0.05, 0.1) is 6.21 Å². The van der Waals surface area contributed by atoms with E-state index in [1.165, 1.54) is 17.3 Å². The van der Waals surface area contributed by atoms with E-state index in [1.54, 1.807) is 6.21 Å². The van der Waals surface area contributed by atoms with Gasteiger partial charge in [-0.25, -0.2) is 0 Å². The average molecular weight is 318 g/mol. The minimum Gasteiger partial charge on any atom is -0.377 e. The standard InChI is InChI=1S/C16H16ClN3S/c1-12-7-8-14(15(17)9-12)10-19-20-16(18)21-11-13-5-3-2-4-6-13/h2-10H,11H2,1H3,(H2,18,20). The number of benzene rings is 2. The highest BCUT2D eigenvalue weighted by atomic mass is 35.5. The zero-order valence-electron chi connectivity index (χ0n) is 11.7. The molecule has 0 saturated carbocycles. The first-order valence-corrected chi connectivity index (χ1v) is 7.81. The lowest BCUT2D eigenvalue weighted by Crippen LogP contribution is -2.06. The Labute approximate surface area is 133 Å². The van der Waals surface area contributed by atoms with Crippen molar-refractivity contribution >= 4 is 34.7 Å². The fourth-order valence-corrected chi connectivity index (χ4v) is 2.54. The molecule has 0 bridgehead atoms. The van der Waals surface area contributed by atoms with Gasteiger partial charge in [0.2, 0.25) is 0 Å². The summed E-state index contributed by atoms with van der Waals surface area (Å²) in [6.07, 6.45) is 1.61. The zero-order chi connectivity index (χ0) is 15.1. The largest absolute Gasteiger partial charge is 0.377 e. The molecule has 0 fully saturated rings. The maximum absolute atomic E-state index is 6.11. The molecule has 21 heavy (non-hydrogen) atoms. The zero-order valence-corrected chi connectivity index (χ0v) is 13.2. The summed E-state index contributed by atoms with van der Waals surface area (Å²) in [5, 5.41) is 9.03. The molecule has 0 aliphatic carbocycles. The molecule has 0 atom stereocenters. The van der Waals surface area contributed by atoms with E-state index >= 15 is 0 Å². The van der Waals surface area contributed by atoms with Crippen molar-refractivity contribution in [2.75, 3.05) is 0 Å². The van der Waals surface area contributed by atoms with Crippen LogP contribution in [0.5, 0.6) is 0 Å². The second kappa shape index (κ2) is 7.86. The van der Waals surface area contributed by atoms with Crippen molar-refractivity contribution in [3.8, 4) is 0 Å². The Morgan fingerprint density at radius 1 is 1.24 bits per heavy atom. The van der Waals surface area contributed by atoms with Crippen molar-refractivity contribution in [2.24, 2.45) is 15.9 Å². The molecule has 0 heterocycles. The van der Waals surface area contributed by atoms with Gasteiger partial charge in [0, 0.05) is 16.3 Å². The molecule has 0 amide bonds. The fourth-order valence-electron chi connectivity index (χ4n) is 1.65. The molecule has 2 N–H and O–H groups in total. The van der Waals surface area contributed by atoms with E-state index in [0.29, 0.717) is 10.2 Å². The Bertz CT molecular complexity index is 654. The Hall–Kier alpha value is -1.78. The highest BCUT2D eigenvalue weighted by Gasteiger charge is 1.98. The van der Waals surface area contributed by atoms with Gasteiger partial charge < -0.3 is 5.73 Å². The number of nitrogens with two attached hydrogens (primary N) is 1. The highest BCUT2D eigenvalue weighted by molar-refractivity contribution is 8.13. The van der Waals surface area contributed by atoms with E-state index in [-0.39, 0.29) is 0 Å². The number of hydrogen-bond acceptors (Lipinski definition) is 3. The number of amidine groups is 1. The number of hydrogen-bond donors (Lipinski definition) is 1. The molecule has 2 rings (SSSR count). The topological polar surface area (TPSA) is 50.7 Å². The van der Waals surface area contributed by atoms with Crippen LogP contribution in [0.25, 0.3) is 0 Å². The molecular weight excluding hydrogens is 302 g/mol. The minimum atomic E-state index is 0.429. The van der Waals surface area contributed by atoms with E-state index in [0.717, 1.165) is 16.9 Å². The SMILES string of the molecule is Cc1ccc(C=NN=C(N)SCc2ccccc2)c(Cl)c1. The first kappa shape index (κ1) is 15.6. The van der Waals surface area contributed by atoms with Crippen molar-refractivity contribution in [3.63, 3.8) is 0 Å². The quantitative estimate of drug-likeness (QED) is 0.521. The molecule has 0 aliphatic heterocycles. The highest BCUT2D eigenvalue weighted by Crippen LogP contribution is 2.16. The Morgan fingerprint density at radius 2 is 2.00 bits per heavy atom. The molecule has 5 heteroatoms. The molecule has 108 valence electrons. The number of halogens is 1. The predicted molar refractivity (Wildman–Crippen MR) is 93.1 cm³/mol. The maximum atomic E-state index is 6.11. The molecule has 2 aromatic rings. The third-order valence-electron chi connectivity index (χ3n) is 2.74. The van der Waals surface area contributed by atoms with Gasteiger partial charge in [-0.3, -0.25) is 0 Å². The molecule has 0 unspecified atom stereocenters. The lowest BCUT2D eigenvalue weighted by Gasteiger charge is -2.00. The summed E-state index contributed by atoms with van der Waals surface area (Å²) in [5.41, 5.74) is 8.95. The van der Waals surface area contributed by atoms with E-state index in [1.807, 2.05) is 43.3 Å². The van der Waals surface area contributed by atoms with Crippen LogP contribution < -0.4 is 5.73 Å². The van der Waals surface area contributed by atoms with Gasteiger partial charge in [-0.05, 0) is 24.1 Å². The summed E-state index contributed by atoms with van der Waals surface area (Å²) >= 11 is 7.56. The van der Waals surface area contributed by atoms with E-state index in [4.69, 9.17) is 17.3 Å². The molecule has 0 aromatic heterocycles. The molecule has 2 aromatic carbocycles. The van der Waals surface area contributed by atoms with Crippen LogP contribution >= 0.6 is 23.4 Å². The first-order chi connectivity index (χ1) is 10.1. The first-order valence-electron chi connectivity index (χ1n) is 6.44. The van der Waals surface area contributed by atoms with Crippen molar-refractivity contribution in [2.45, 2.75) is 12.7 Å². The Balaban J connectivity index is 1.92. The Morgan fingerprint density at radius 3 is 2.71 bits per heavy atom. The number of aryl methyl sites for hydroxylation is 1. The van der Waals surface area contributed by atoms with Gasteiger partial charge in [-0.2, -0.15) is 5.10 Å². The second-order valence-electron chi connectivity index (χ2n) is 4.48. The average Bonchev–Trinajstić information content (AvgIpc) is 2.48. The summed E-state index contributed by atoms with van der Waals surface area (Å²) in [6, 6.07) is 15.9. The molecule has 3 nitrogen and oxygen atoms in total. The summed E-state index contributed by atoms with van der Waals surface area (Å²) in [7, 11) is 0.